The van der Waals surface area contributed by atoms with Crippen LogP contribution in [0.1, 0.15) is 11.1 Å². The Kier molecular flexibility index (Phi) is 6.08. The van der Waals surface area contributed by atoms with E-state index in [9.17, 15) is 4.79 Å². The van der Waals surface area contributed by atoms with Crippen LogP contribution >= 0.6 is 0 Å². The summed E-state index contributed by atoms with van der Waals surface area (Å²) in [7, 11) is 5.28. The van der Waals surface area contributed by atoms with Gasteiger partial charge in [-0.25, -0.2) is 0 Å². The molecule has 0 N–H and O–H groups in total. The van der Waals surface area contributed by atoms with E-state index in [4.69, 9.17) is 4.74 Å². The van der Waals surface area contributed by atoms with Gasteiger partial charge in [-0.15, -0.1) is 0 Å². The van der Waals surface area contributed by atoms with Crippen LogP contribution in [0.4, 0.5) is 0 Å². The number of alkyl halides is 1. The van der Waals surface area contributed by atoms with Gasteiger partial charge >= 0.3 is 120 Å². The second-order valence-corrected chi connectivity index (χ2v) is 6.73. The predicted octanol–water partition coefficient (Wildman–Crippen LogP) is -1.47. The molecule has 3 nitrogen and oxygen atoms in total. The van der Waals surface area contributed by atoms with Crippen molar-refractivity contribution in [1.82, 2.24) is 4.90 Å². The van der Waals surface area contributed by atoms with Crippen LogP contribution in [-0.4, -0.2) is 43.0 Å². The van der Waals surface area contributed by atoms with E-state index in [1.54, 1.807) is 0 Å². The third-order valence-corrected chi connectivity index (χ3v) is 5.13. The average Bonchev–Trinajstić information content (AvgIpc) is 2.34. The zero-order chi connectivity index (χ0) is 13.7. The van der Waals surface area contributed by atoms with Crippen molar-refractivity contribution in [2.24, 2.45) is 0 Å². The summed E-state index contributed by atoms with van der Waals surface area (Å²) in [5.41, 5.74) is 2.53. The number of halogens is 1. The van der Waals surface area contributed by atoms with Crippen molar-refractivity contribution in [1.29, 1.82) is 0 Å². The normalized spacial score (nSPS) is 12.8. The van der Waals surface area contributed by atoms with Crippen molar-refractivity contribution in [3.63, 3.8) is 0 Å². The van der Waals surface area contributed by atoms with Gasteiger partial charge < -0.3 is 0 Å². The van der Waals surface area contributed by atoms with Crippen LogP contribution in [0.5, 0.6) is 0 Å². The molecule has 0 aliphatic heterocycles. The fraction of sp³-hybridized carbons (Fsp3) is 0.500. The minimum atomic E-state index is -0.203. The molecule has 0 radical (unpaired) electrons. The topological polar surface area (TPSA) is 29.5 Å². The van der Waals surface area contributed by atoms with Gasteiger partial charge in [0.2, 0.25) is 0 Å². The second kappa shape index (κ2) is 7.09. The maximum absolute atomic E-state index is 11.8. The number of ether oxygens (including phenoxy) is 1. The number of methoxy groups -OCH3 is 1. The number of carbonyl (C=O) groups is 1. The van der Waals surface area contributed by atoms with Gasteiger partial charge in [-0.2, -0.15) is 0 Å². The summed E-state index contributed by atoms with van der Waals surface area (Å²) >= 11 is 0.0281. The molecule has 1 aromatic rings. The van der Waals surface area contributed by atoms with E-state index in [1.807, 2.05) is 19.0 Å². The van der Waals surface area contributed by atoms with Crippen LogP contribution in [0, 0.1) is 10.5 Å². The van der Waals surface area contributed by atoms with E-state index in [2.05, 4.69) is 30.1 Å². The monoisotopic (exact) mass is 362 g/mol. The van der Waals surface area contributed by atoms with E-state index >= 15 is 0 Å². The molecular weight excluding hydrogens is 341 g/mol. The molecule has 0 saturated heterocycles. The van der Waals surface area contributed by atoms with Crippen LogP contribution in [0.15, 0.2) is 18.2 Å². The van der Waals surface area contributed by atoms with Crippen molar-refractivity contribution in [2.75, 3.05) is 26.1 Å². The molecule has 1 rings (SSSR count). The molecule has 1 atom stereocenters. The molecule has 18 heavy (non-hydrogen) atoms. The zero-order valence-electron chi connectivity index (χ0n) is 11.7. The van der Waals surface area contributed by atoms with E-state index in [1.165, 1.54) is 21.8 Å². The first-order valence-electron chi connectivity index (χ1n) is 5.82. The molecule has 4 heteroatoms. The molecule has 0 aliphatic carbocycles. The first-order chi connectivity index (χ1) is 8.49. The fourth-order valence-electron chi connectivity index (χ4n) is 1.87. The Balaban J connectivity index is 2.99. The number of aryl methyl sites for hydroxylation is 1. The summed E-state index contributed by atoms with van der Waals surface area (Å²) in [6, 6.07) is 6.33. The third-order valence-electron chi connectivity index (χ3n) is 2.91. The molecule has 0 spiro atoms. The Hall–Kier alpha value is -0.620. The fourth-order valence-corrected chi connectivity index (χ4v) is 3.47. The maximum atomic E-state index is 11.8. The number of likely N-dealkylation sites (N-methyl/N-ethyl adjacent to an activating group) is 1. The minimum absolute atomic E-state index is 0.0281. The predicted molar refractivity (Wildman–Crippen MR) is 69.0 cm³/mol. The molecule has 102 valence electrons. The summed E-state index contributed by atoms with van der Waals surface area (Å²) in [5.74, 6) is -0.165. The van der Waals surface area contributed by atoms with E-state index in [0.717, 1.165) is 6.42 Å². The van der Waals surface area contributed by atoms with Crippen molar-refractivity contribution >= 4 is 5.97 Å². The first kappa shape index (κ1) is 15.4. The van der Waals surface area contributed by atoms with Crippen LogP contribution in [0.2, 0.25) is 0 Å². The van der Waals surface area contributed by atoms with Gasteiger partial charge in [0.05, 0.1) is 0 Å². The van der Waals surface area contributed by atoms with E-state index in [0.29, 0.717) is 0 Å². The molecular formula is C14H21INO2-. The molecule has 0 saturated carbocycles. The summed E-state index contributed by atoms with van der Waals surface area (Å²) in [4.78, 5) is 16.0. The number of carbonyl (C=O) groups excluding carboxylic acids is 1. The quantitative estimate of drug-likeness (QED) is 0.364. The molecule has 0 heterocycles. The third kappa shape index (κ3) is 3.95. The van der Waals surface area contributed by atoms with Crippen molar-refractivity contribution in [3.8, 4) is 0 Å². The van der Waals surface area contributed by atoms with Crippen molar-refractivity contribution in [3.05, 3.63) is 32.9 Å². The summed E-state index contributed by atoms with van der Waals surface area (Å²) in [5, 5.41) is 0. The summed E-state index contributed by atoms with van der Waals surface area (Å²) in [6.07, 6.45) is 0.726. The van der Waals surface area contributed by atoms with Gasteiger partial charge in [0.1, 0.15) is 0 Å². The van der Waals surface area contributed by atoms with Gasteiger partial charge in [-0.3, -0.25) is 0 Å². The van der Waals surface area contributed by atoms with Crippen LogP contribution in [0.3, 0.4) is 0 Å². The van der Waals surface area contributed by atoms with Gasteiger partial charge in [0, 0.05) is 0 Å². The van der Waals surface area contributed by atoms with Gasteiger partial charge in [-0.05, 0) is 0 Å². The van der Waals surface area contributed by atoms with Gasteiger partial charge in [0.25, 0.3) is 0 Å². The molecule has 0 fully saturated rings. The number of benzene rings is 1. The standard InChI is InChI=1S/C14H21INO2/c1-10-6-7-12(15-2)11(8-10)9-13(16(3)4)14(17)18-5/h6-8,13H,9H2,1-5H3/q-1. The van der Waals surface area contributed by atoms with Crippen molar-refractivity contribution in [2.45, 2.75) is 19.4 Å². The van der Waals surface area contributed by atoms with Crippen molar-refractivity contribution < 1.29 is 30.7 Å². The van der Waals surface area contributed by atoms with E-state index in [-0.39, 0.29) is 33.2 Å². The Morgan fingerprint density at radius 3 is 2.61 bits per heavy atom. The Labute approximate surface area is 120 Å². The van der Waals surface area contributed by atoms with E-state index < -0.39 is 0 Å². The molecule has 0 aliphatic rings. The number of esters is 1. The SMILES string of the molecule is COC(=O)C(Cc1cc(C)ccc1[I-]C)N(C)C. The Morgan fingerprint density at radius 1 is 1.44 bits per heavy atom. The number of hydrogen-bond donors (Lipinski definition) is 0. The molecule has 0 aromatic heterocycles. The average molecular weight is 362 g/mol. The Morgan fingerprint density at radius 2 is 2.11 bits per heavy atom. The molecule has 1 unspecified atom stereocenters. The van der Waals surface area contributed by atoms with Crippen LogP contribution in [0.25, 0.3) is 0 Å². The molecule has 0 amide bonds. The number of nitrogens with zero attached hydrogens (tertiary/aromatic N) is 1. The number of hydrogen-bond acceptors (Lipinski definition) is 3. The molecule has 0 bridgehead atoms. The van der Waals surface area contributed by atoms with Gasteiger partial charge in [0.15, 0.2) is 0 Å². The number of rotatable bonds is 5. The summed E-state index contributed by atoms with van der Waals surface area (Å²) < 4.78 is 6.29. The molecule has 1 aromatic carbocycles. The Bertz CT molecular complexity index is 418. The van der Waals surface area contributed by atoms with Gasteiger partial charge in [-0.1, -0.05) is 0 Å². The summed E-state index contributed by atoms with van der Waals surface area (Å²) in [6.45, 7) is 2.09. The van der Waals surface area contributed by atoms with Crippen LogP contribution in [-0.2, 0) is 16.0 Å². The zero-order valence-corrected chi connectivity index (χ0v) is 13.8. The van der Waals surface area contributed by atoms with Crippen LogP contribution < -0.4 is 21.2 Å². The first-order valence-corrected chi connectivity index (χ1v) is 9.06. The second-order valence-electron chi connectivity index (χ2n) is 4.49.